The zero-order valence-electron chi connectivity index (χ0n) is 9.57. The molecule has 1 heterocycles. The second-order valence-electron chi connectivity index (χ2n) is 4.08. The van der Waals surface area contributed by atoms with Crippen LogP contribution in [-0.2, 0) is 17.3 Å². The molecule has 1 atom stereocenters. The van der Waals surface area contributed by atoms with Gasteiger partial charge in [0.25, 0.3) is 0 Å². The molecule has 1 aliphatic rings. The van der Waals surface area contributed by atoms with Crippen LogP contribution in [0.5, 0.6) is 0 Å². The van der Waals surface area contributed by atoms with Crippen LogP contribution < -0.4 is 5.73 Å². The number of alkyl halides is 3. The molecule has 2 N–H and O–H groups in total. The quantitative estimate of drug-likeness (QED) is 0.901. The van der Waals surface area contributed by atoms with E-state index in [0.29, 0.717) is 18.9 Å². The van der Waals surface area contributed by atoms with Crippen LogP contribution in [-0.4, -0.2) is 25.1 Å². The molecule has 18 heavy (non-hydrogen) atoms. The number of halogens is 3. The van der Waals surface area contributed by atoms with Crippen LogP contribution >= 0.6 is 0 Å². The molecule has 0 fully saturated rings. The minimum atomic E-state index is -4.29. The predicted octanol–water partition coefficient (Wildman–Crippen LogP) is 2.00. The lowest BCUT2D eigenvalue weighted by Gasteiger charge is -2.12. The van der Waals surface area contributed by atoms with Gasteiger partial charge in [0.05, 0.1) is 18.7 Å². The highest BCUT2D eigenvalue weighted by molar-refractivity contribution is 5.79. The molecule has 0 saturated heterocycles. The summed E-state index contributed by atoms with van der Waals surface area (Å²) < 4.78 is 42.5. The Morgan fingerprint density at radius 2 is 1.94 bits per heavy atom. The first kappa shape index (κ1) is 12.9. The van der Waals surface area contributed by atoms with Crippen molar-refractivity contribution in [2.75, 3.05) is 13.1 Å². The van der Waals surface area contributed by atoms with E-state index in [4.69, 9.17) is 10.5 Å². The summed E-state index contributed by atoms with van der Waals surface area (Å²) in [5, 5.41) is 0. The highest BCUT2D eigenvalue weighted by Gasteiger charge is 2.30. The molecule has 0 aliphatic carbocycles. The topological polar surface area (TPSA) is 47.6 Å². The summed E-state index contributed by atoms with van der Waals surface area (Å²) in [5.74, 6) is 0.506. The standard InChI is InChI=1S/C12H13F3N2O/c13-12(14,15)9-3-1-8(2-4-9)5-10-7-17-11(6-16)18-10/h1-4,10H,5-7,16H2. The van der Waals surface area contributed by atoms with Crippen LogP contribution in [0, 0.1) is 0 Å². The van der Waals surface area contributed by atoms with E-state index in [2.05, 4.69) is 4.99 Å². The largest absolute Gasteiger partial charge is 0.474 e. The van der Waals surface area contributed by atoms with Crippen molar-refractivity contribution in [3.8, 4) is 0 Å². The zero-order valence-corrected chi connectivity index (χ0v) is 9.57. The van der Waals surface area contributed by atoms with E-state index in [9.17, 15) is 13.2 Å². The van der Waals surface area contributed by atoms with Crippen LogP contribution in [0.2, 0.25) is 0 Å². The summed E-state index contributed by atoms with van der Waals surface area (Å²) in [4.78, 5) is 4.08. The minimum Gasteiger partial charge on any atom is -0.474 e. The molecule has 0 aromatic heterocycles. The number of aliphatic imine (C=N–C) groups is 1. The number of ether oxygens (including phenoxy) is 1. The number of hydrogen-bond donors (Lipinski definition) is 1. The van der Waals surface area contributed by atoms with Crippen LogP contribution in [0.15, 0.2) is 29.3 Å². The summed E-state index contributed by atoms with van der Waals surface area (Å²) >= 11 is 0. The highest BCUT2D eigenvalue weighted by Crippen LogP contribution is 2.29. The maximum Gasteiger partial charge on any atom is 0.416 e. The average Bonchev–Trinajstić information content (AvgIpc) is 2.76. The number of nitrogens with zero attached hydrogens (tertiary/aromatic N) is 1. The van der Waals surface area contributed by atoms with E-state index < -0.39 is 11.7 Å². The molecule has 0 amide bonds. The van der Waals surface area contributed by atoms with Crippen LogP contribution in [0.3, 0.4) is 0 Å². The van der Waals surface area contributed by atoms with Crippen LogP contribution in [0.4, 0.5) is 13.2 Å². The normalized spacial score (nSPS) is 19.6. The minimum absolute atomic E-state index is 0.125. The summed E-state index contributed by atoms with van der Waals surface area (Å²) in [5.41, 5.74) is 5.53. The molecule has 98 valence electrons. The van der Waals surface area contributed by atoms with Gasteiger partial charge in [-0.3, -0.25) is 4.99 Å². The van der Waals surface area contributed by atoms with Gasteiger partial charge in [-0.1, -0.05) is 12.1 Å². The molecular formula is C12H13F3N2O. The molecule has 2 rings (SSSR count). The Hall–Kier alpha value is -1.56. The maximum absolute atomic E-state index is 12.4. The Bertz CT molecular complexity index is 440. The number of rotatable bonds is 3. The third-order valence-corrected chi connectivity index (χ3v) is 2.69. The van der Waals surface area contributed by atoms with Gasteiger partial charge in [0.1, 0.15) is 6.10 Å². The lowest BCUT2D eigenvalue weighted by molar-refractivity contribution is -0.137. The van der Waals surface area contributed by atoms with Gasteiger partial charge in [-0.05, 0) is 17.7 Å². The molecule has 1 aromatic carbocycles. The van der Waals surface area contributed by atoms with Gasteiger partial charge >= 0.3 is 6.18 Å². The van der Waals surface area contributed by atoms with Crippen molar-refractivity contribution in [1.29, 1.82) is 0 Å². The molecule has 1 unspecified atom stereocenters. The number of nitrogens with two attached hydrogens (primary N) is 1. The molecule has 0 bridgehead atoms. The van der Waals surface area contributed by atoms with E-state index >= 15 is 0 Å². The van der Waals surface area contributed by atoms with Crippen molar-refractivity contribution >= 4 is 5.90 Å². The zero-order chi connectivity index (χ0) is 13.2. The third kappa shape index (κ3) is 3.01. The molecular weight excluding hydrogens is 245 g/mol. The molecule has 3 nitrogen and oxygen atoms in total. The molecule has 1 aliphatic heterocycles. The van der Waals surface area contributed by atoms with Crippen molar-refractivity contribution in [1.82, 2.24) is 0 Å². The highest BCUT2D eigenvalue weighted by atomic mass is 19.4. The monoisotopic (exact) mass is 258 g/mol. The second-order valence-corrected chi connectivity index (χ2v) is 4.08. The van der Waals surface area contributed by atoms with E-state index in [1.54, 1.807) is 0 Å². The van der Waals surface area contributed by atoms with Gasteiger partial charge in [0, 0.05) is 6.42 Å². The van der Waals surface area contributed by atoms with E-state index in [0.717, 1.165) is 17.7 Å². The summed E-state index contributed by atoms with van der Waals surface area (Å²) in [6, 6.07) is 5.09. The fraction of sp³-hybridized carbons (Fsp3) is 0.417. The Kier molecular flexibility index (Phi) is 3.56. The van der Waals surface area contributed by atoms with E-state index in [1.807, 2.05) is 0 Å². The predicted molar refractivity (Wildman–Crippen MR) is 61.4 cm³/mol. The average molecular weight is 258 g/mol. The Balaban J connectivity index is 1.96. The Morgan fingerprint density at radius 1 is 1.28 bits per heavy atom. The first-order chi connectivity index (χ1) is 8.49. The van der Waals surface area contributed by atoms with Crippen LogP contribution in [0.25, 0.3) is 0 Å². The van der Waals surface area contributed by atoms with Gasteiger partial charge in [-0.25, -0.2) is 0 Å². The first-order valence-electron chi connectivity index (χ1n) is 5.55. The van der Waals surface area contributed by atoms with E-state index in [1.165, 1.54) is 12.1 Å². The van der Waals surface area contributed by atoms with Crippen molar-refractivity contribution < 1.29 is 17.9 Å². The second kappa shape index (κ2) is 4.97. The summed E-state index contributed by atoms with van der Waals surface area (Å²) in [6.45, 7) is 0.761. The smallest absolute Gasteiger partial charge is 0.416 e. The molecule has 0 spiro atoms. The molecule has 0 radical (unpaired) electrons. The van der Waals surface area contributed by atoms with Crippen molar-refractivity contribution in [2.45, 2.75) is 18.7 Å². The van der Waals surface area contributed by atoms with Gasteiger partial charge in [0.15, 0.2) is 5.90 Å². The number of benzene rings is 1. The molecule has 0 saturated carbocycles. The van der Waals surface area contributed by atoms with Crippen molar-refractivity contribution in [2.24, 2.45) is 10.7 Å². The SMILES string of the molecule is NCC1=NCC(Cc2ccc(C(F)(F)F)cc2)O1. The van der Waals surface area contributed by atoms with Crippen LogP contribution in [0.1, 0.15) is 11.1 Å². The van der Waals surface area contributed by atoms with Gasteiger partial charge in [0.2, 0.25) is 0 Å². The molecule has 6 heteroatoms. The number of hydrogen-bond acceptors (Lipinski definition) is 3. The molecule has 1 aromatic rings. The van der Waals surface area contributed by atoms with E-state index in [-0.39, 0.29) is 12.6 Å². The third-order valence-electron chi connectivity index (χ3n) is 2.69. The van der Waals surface area contributed by atoms with Crippen molar-refractivity contribution in [3.63, 3.8) is 0 Å². The maximum atomic E-state index is 12.4. The lowest BCUT2D eigenvalue weighted by Crippen LogP contribution is -2.20. The Morgan fingerprint density at radius 3 is 2.44 bits per heavy atom. The summed E-state index contributed by atoms with van der Waals surface area (Å²) in [6.07, 6.45) is -3.89. The first-order valence-corrected chi connectivity index (χ1v) is 5.55. The lowest BCUT2D eigenvalue weighted by atomic mass is 10.1. The van der Waals surface area contributed by atoms with Crippen molar-refractivity contribution in [3.05, 3.63) is 35.4 Å². The summed E-state index contributed by atoms with van der Waals surface area (Å²) in [7, 11) is 0. The van der Waals surface area contributed by atoms with Gasteiger partial charge in [-0.2, -0.15) is 13.2 Å². The Labute approximate surface area is 102 Å². The fourth-order valence-corrected chi connectivity index (χ4v) is 1.78. The van der Waals surface area contributed by atoms with Gasteiger partial charge < -0.3 is 10.5 Å². The fourth-order valence-electron chi connectivity index (χ4n) is 1.78. The van der Waals surface area contributed by atoms with Gasteiger partial charge in [-0.15, -0.1) is 0 Å².